The first-order valence-corrected chi connectivity index (χ1v) is 13.1. The number of nitrogen functional groups attached to an aromatic ring is 1. The maximum Gasteiger partial charge on any atom is 0.407 e. The van der Waals surface area contributed by atoms with Gasteiger partial charge in [-0.25, -0.2) is 19.7 Å². The Morgan fingerprint density at radius 1 is 1.07 bits per heavy atom. The molecule has 6 rings (SSSR count). The van der Waals surface area contributed by atoms with E-state index in [0.717, 1.165) is 11.1 Å². The lowest BCUT2D eigenvalue weighted by molar-refractivity contribution is -0.0420. The number of aliphatic hydroxyl groups excluding tert-OH is 2. The molecule has 0 bridgehead atoms. The Labute approximate surface area is 230 Å². The van der Waals surface area contributed by atoms with Crippen molar-refractivity contribution in [1.82, 2.24) is 29.7 Å². The molecule has 2 aliphatic rings. The molecule has 1 unspecified atom stereocenters. The standard InChI is InChI=1S/C28H31N7O5/c1-34(12-21-23(36)24(37)27(40-21)35-15-33-22-25(29)31-14-32-26(22)35)11-10-30-28(38)39-13-20-18-8-4-2-6-16(18)17-7-3-5-9-19(17)20/h2-9,14-15,20-21,23-24,27,36-37H,10-13H2,1H3,(H,30,38)(H2,29,31,32)/t21-,23-,24-,27?/m1/s1. The number of benzene rings is 2. The molecule has 4 atom stereocenters. The lowest BCUT2D eigenvalue weighted by Gasteiger charge is -2.23. The maximum absolute atomic E-state index is 12.5. The number of carbonyl (C=O) groups is 1. The zero-order valence-electron chi connectivity index (χ0n) is 21.9. The van der Waals surface area contributed by atoms with Gasteiger partial charge in [-0.15, -0.1) is 0 Å². The summed E-state index contributed by atoms with van der Waals surface area (Å²) in [5.41, 5.74) is 11.3. The first kappa shape index (κ1) is 26.1. The number of hydrogen-bond acceptors (Lipinski definition) is 10. The van der Waals surface area contributed by atoms with Gasteiger partial charge in [-0.1, -0.05) is 48.5 Å². The average molecular weight is 546 g/mol. The number of carbonyl (C=O) groups excluding carboxylic acids is 1. The number of ether oxygens (including phenoxy) is 2. The molecule has 12 nitrogen and oxygen atoms in total. The van der Waals surface area contributed by atoms with Gasteiger partial charge in [-0.05, 0) is 29.3 Å². The first-order chi connectivity index (χ1) is 19.4. The predicted octanol–water partition coefficient (Wildman–Crippen LogP) is 1.50. The smallest absolute Gasteiger partial charge is 0.407 e. The van der Waals surface area contributed by atoms with Crippen LogP contribution in [0.15, 0.2) is 61.2 Å². The van der Waals surface area contributed by atoms with Crippen molar-refractivity contribution in [2.24, 2.45) is 0 Å². The van der Waals surface area contributed by atoms with Crippen LogP contribution in [0.4, 0.5) is 10.6 Å². The van der Waals surface area contributed by atoms with Crippen LogP contribution < -0.4 is 11.1 Å². The molecule has 208 valence electrons. The third-order valence-corrected chi connectivity index (χ3v) is 7.60. The number of aliphatic hydroxyl groups is 2. The molecule has 1 saturated heterocycles. The number of anilines is 1. The molecule has 3 heterocycles. The summed E-state index contributed by atoms with van der Waals surface area (Å²) in [6.07, 6.45) is -1.59. The third kappa shape index (κ3) is 4.75. The molecule has 1 aliphatic carbocycles. The number of rotatable bonds is 8. The van der Waals surface area contributed by atoms with E-state index in [-0.39, 0.29) is 18.3 Å². The van der Waals surface area contributed by atoms with Crippen molar-refractivity contribution in [3.05, 3.63) is 72.3 Å². The first-order valence-electron chi connectivity index (χ1n) is 13.1. The van der Waals surface area contributed by atoms with Crippen molar-refractivity contribution in [3.8, 4) is 11.1 Å². The summed E-state index contributed by atoms with van der Waals surface area (Å²) in [5.74, 6) is 0.216. The monoisotopic (exact) mass is 545 g/mol. The number of likely N-dealkylation sites (N-methyl/N-ethyl adjacent to an activating group) is 1. The molecular weight excluding hydrogens is 514 g/mol. The van der Waals surface area contributed by atoms with E-state index in [4.69, 9.17) is 15.2 Å². The van der Waals surface area contributed by atoms with Gasteiger partial charge in [0, 0.05) is 25.6 Å². The topological polar surface area (TPSA) is 161 Å². The highest BCUT2D eigenvalue weighted by Crippen LogP contribution is 2.44. The summed E-state index contributed by atoms with van der Waals surface area (Å²) in [6.45, 7) is 1.39. The van der Waals surface area contributed by atoms with Gasteiger partial charge >= 0.3 is 6.09 Å². The molecule has 2 aromatic heterocycles. The zero-order chi connectivity index (χ0) is 27.8. The minimum Gasteiger partial charge on any atom is -0.449 e. The molecule has 1 fully saturated rings. The van der Waals surface area contributed by atoms with Crippen LogP contribution in [0, 0.1) is 0 Å². The SMILES string of the molecule is CN(CCNC(=O)OCC1c2ccccc2-c2ccccc21)C[C@H]1OC(n2cnc3c(N)ncnc32)[C@H](O)[C@@H]1O. The Morgan fingerprint density at radius 2 is 1.77 bits per heavy atom. The second-order valence-corrected chi connectivity index (χ2v) is 10.1. The average Bonchev–Trinajstić information content (AvgIpc) is 3.61. The van der Waals surface area contributed by atoms with Gasteiger partial charge in [0.05, 0.1) is 6.33 Å². The number of nitrogens with one attached hydrogen (secondary N) is 1. The van der Waals surface area contributed by atoms with Crippen LogP contribution in [0.1, 0.15) is 23.3 Å². The molecule has 4 aromatic rings. The third-order valence-electron chi connectivity index (χ3n) is 7.60. The number of hydrogen-bond donors (Lipinski definition) is 4. The largest absolute Gasteiger partial charge is 0.449 e. The van der Waals surface area contributed by atoms with Crippen LogP contribution >= 0.6 is 0 Å². The van der Waals surface area contributed by atoms with Gasteiger partial charge in [0.15, 0.2) is 17.7 Å². The Morgan fingerprint density at radius 3 is 2.50 bits per heavy atom. The van der Waals surface area contributed by atoms with E-state index in [1.54, 1.807) is 4.57 Å². The van der Waals surface area contributed by atoms with Gasteiger partial charge < -0.3 is 35.6 Å². The molecule has 0 spiro atoms. The normalized spacial score (nSPS) is 22.0. The van der Waals surface area contributed by atoms with Crippen molar-refractivity contribution in [2.75, 3.05) is 39.0 Å². The zero-order valence-corrected chi connectivity index (χ0v) is 21.9. The fraction of sp³-hybridized carbons (Fsp3) is 0.357. The van der Waals surface area contributed by atoms with Crippen LogP contribution in [0.2, 0.25) is 0 Å². The molecular formula is C28H31N7O5. The van der Waals surface area contributed by atoms with E-state index < -0.39 is 30.6 Å². The second-order valence-electron chi connectivity index (χ2n) is 10.1. The second kappa shape index (κ2) is 10.8. The van der Waals surface area contributed by atoms with Crippen molar-refractivity contribution in [2.45, 2.75) is 30.5 Å². The lowest BCUT2D eigenvalue weighted by atomic mass is 9.98. The number of nitrogens with zero attached hydrogens (tertiary/aromatic N) is 5. The molecule has 40 heavy (non-hydrogen) atoms. The number of amides is 1. The van der Waals surface area contributed by atoms with Crippen molar-refractivity contribution >= 4 is 23.1 Å². The summed E-state index contributed by atoms with van der Waals surface area (Å²) in [5, 5.41) is 24.1. The van der Waals surface area contributed by atoms with Crippen LogP contribution in [0.5, 0.6) is 0 Å². The van der Waals surface area contributed by atoms with Crippen molar-refractivity contribution in [3.63, 3.8) is 0 Å². The van der Waals surface area contributed by atoms with E-state index in [2.05, 4.69) is 44.5 Å². The number of imidazole rings is 1. The van der Waals surface area contributed by atoms with Gasteiger partial charge in [0.2, 0.25) is 0 Å². The quantitative estimate of drug-likeness (QED) is 0.255. The highest BCUT2D eigenvalue weighted by Gasteiger charge is 2.44. The minimum atomic E-state index is -1.19. The fourth-order valence-corrected chi connectivity index (χ4v) is 5.56. The van der Waals surface area contributed by atoms with Gasteiger partial charge in [0.1, 0.15) is 36.8 Å². The number of nitrogens with two attached hydrogens (primary N) is 1. The molecule has 1 aliphatic heterocycles. The lowest BCUT2D eigenvalue weighted by Crippen LogP contribution is -2.41. The predicted molar refractivity (Wildman–Crippen MR) is 146 cm³/mol. The van der Waals surface area contributed by atoms with Gasteiger partial charge in [-0.2, -0.15) is 0 Å². The summed E-state index contributed by atoms with van der Waals surface area (Å²) < 4.78 is 13.1. The molecule has 1 amide bonds. The number of fused-ring (bicyclic) bond motifs is 4. The maximum atomic E-state index is 12.5. The molecule has 0 radical (unpaired) electrons. The van der Waals surface area contributed by atoms with Gasteiger partial charge in [0.25, 0.3) is 0 Å². The summed E-state index contributed by atoms with van der Waals surface area (Å²) >= 11 is 0. The number of aromatic nitrogens is 4. The molecule has 2 aromatic carbocycles. The van der Waals surface area contributed by atoms with Crippen LogP contribution in [0.25, 0.3) is 22.3 Å². The summed E-state index contributed by atoms with van der Waals surface area (Å²) in [7, 11) is 1.84. The Kier molecular flexibility index (Phi) is 7.07. The Hall–Kier alpha value is -4.10. The Bertz CT molecular complexity index is 1480. The van der Waals surface area contributed by atoms with Crippen LogP contribution in [0.3, 0.4) is 0 Å². The molecule has 5 N–H and O–H groups in total. The highest BCUT2D eigenvalue weighted by atomic mass is 16.6. The van der Waals surface area contributed by atoms with Crippen molar-refractivity contribution < 1.29 is 24.5 Å². The highest BCUT2D eigenvalue weighted by molar-refractivity contribution is 5.81. The number of alkyl carbamates (subject to hydrolysis) is 1. The van der Waals surface area contributed by atoms with Crippen molar-refractivity contribution in [1.29, 1.82) is 0 Å². The van der Waals surface area contributed by atoms with Crippen LogP contribution in [-0.4, -0.2) is 92.3 Å². The van der Waals surface area contributed by atoms with E-state index >= 15 is 0 Å². The fourth-order valence-electron chi connectivity index (χ4n) is 5.56. The Balaban J connectivity index is 0.989. The van der Waals surface area contributed by atoms with E-state index in [1.807, 2.05) is 36.2 Å². The molecule has 12 heteroatoms. The van der Waals surface area contributed by atoms with Crippen LogP contribution in [-0.2, 0) is 9.47 Å². The van der Waals surface area contributed by atoms with E-state index in [9.17, 15) is 15.0 Å². The summed E-state index contributed by atoms with van der Waals surface area (Å²) in [6, 6.07) is 16.4. The van der Waals surface area contributed by atoms with E-state index in [1.165, 1.54) is 23.8 Å². The molecule has 0 saturated carbocycles. The van der Waals surface area contributed by atoms with Gasteiger partial charge in [-0.3, -0.25) is 4.57 Å². The van der Waals surface area contributed by atoms with E-state index in [0.29, 0.717) is 30.8 Å². The minimum absolute atomic E-state index is 0.00304. The summed E-state index contributed by atoms with van der Waals surface area (Å²) in [4.78, 5) is 26.7.